The lowest BCUT2D eigenvalue weighted by Gasteiger charge is -2.30. The second-order valence-electron chi connectivity index (χ2n) is 4.68. The normalized spacial score (nSPS) is 22.2. The Labute approximate surface area is 111 Å². The smallest absolute Gasteiger partial charge is 0.328 e. The van der Waals surface area contributed by atoms with E-state index in [1.165, 1.54) is 0 Å². The molecule has 0 aliphatic carbocycles. The lowest BCUT2D eigenvalue weighted by atomic mass is 9.94. The van der Waals surface area contributed by atoms with Crippen molar-refractivity contribution >= 4 is 11.7 Å². The van der Waals surface area contributed by atoms with Crippen LogP contribution in [-0.2, 0) is 0 Å². The Balaban J connectivity index is 2.12. The molecular weight excluding hydrogens is 240 g/mol. The van der Waals surface area contributed by atoms with Gasteiger partial charge in [-0.15, -0.1) is 0 Å². The first-order valence-electron chi connectivity index (χ1n) is 6.21. The standard InChI is InChI=1S/C15H15N2O2/c1-16-12-9-5-6-10-17(12)15(19)13(14(16)18)11-7-3-2-4-8-11/h2-10,13-14,18H,1H3/q+1. The van der Waals surface area contributed by atoms with E-state index in [0.717, 1.165) is 5.56 Å². The monoisotopic (exact) mass is 255 g/mol. The molecule has 1 aromatic carbocycles. The van der Waals surface area contributed by atoms with E-state index in [2.05, 4.69) is 0 Å². The lowest BCUT2D eigenvalue weighted by Crippen LogP contribution is -2.60. The van der Waals surface area contributed by atoms with Gasteiger partial charge in [0.1, 0.15) is 0 Å². The third-order valence-corrected chi connectivity index (χ3v) is 3.56. The average Bonchev–Trinajstić information content (AvgIpc) is 2.46. The first kappa shape index (κ1) is 11.9. The van der Waals surface area contributed by atoms with Crippen molar-refractivity contribution in [3.8, 4) is 0 Å². The summed E-state index contributed by atoms with van der Waals surface area (Å²) < 4.78 is 1.59. The summed E-state index contributed by atoms with van der Waals surface area (Å²) in [4.78, 5) is 14.3. The quantitative estimate of drug-likeness (QED) is 0.778. The molecule has 1 N–H and O–H groups in total. The molecule has 0 bridgehead atoms. The van der Waals surface area contributed by atoms with Crippen LogP contribution in [0.5, 0.6) is 0 Å². The number of rotatable bonds is 1. The van der Waals surface area contributed by atoms with Gasteiger partial charge in [-0.25, -0.2) is 9.69 Å². The third-order valence-electron chi connectivity index (χ3n) is 3.56. The summed E-state index contributed by atoms with van der Waals surface area (Å²) in [6.45, 7) is 0. The number of fused-ring (bicyclic) bond motifs is 1. The second kappa shape index (κ2) is 4.48. The molecule has 4 heteroatoms. The molecule has 1 aliphatic rings. The predicted octanol–water partition coefficient (Wildman–Crippen LogP) is 1.17. The average molecular weight is 255 g/mol. The Morgan fingerprint density at radius 1 is 1.11 bits per heavy atom. The molecule has 3 rings (SSSR count). The SMILES string of the molecule is CN1c2cccc[n+]2C(=O)C(c2ccccc2)C1O. The number of aromatic nitrogens is 1. The predicted molar refractivity (Wildman–Crippen MR) is 70.9 cm³/mol. The van der Waals surface area contributed by atoms with Crippen LogP contribution in [0, 0.1) is 0 Å². The summed E-state index contributed by atoms with van der Waals surface area (Å²) in [6.07, 6.45) is 0.882. The molecule has 0 saturated carbocycles. The van der Waals surface area contributed by atoms with Crippen LogP contribution in [0.4, 0.5) is 5.82 Å². The van der Waals surface area contributed by atoms with Gasteiger partial charge < -0.3 is 5.11 Å². The molecule has 1 aromatic heterocycles. The minimum Gasteiger partial charge on any atom is -0.354 e. The first-order valence-corrected chi connectivity index (χ1v) is 6.21. The Bertz CT molecular complexity index is 613. The van der Waals surface area contributed by atoms with E-state index in [0.29, 0.717) is 5.82 Å². The molecule has 0 radical (unpaired) electrons. The van der Waals surface area contributed by atoms with E-state index in [1.807, 2.05) is 48.5 Å². The third kappa shape index (κ3) is 1.81. The topological polar surface area (TPSA) is 44.4 Å². The van der Waals surface area contributed by atoms with Crippen LogP contribution in [0.1, 0.15) is 16.3 Å². The highest BCUT2D eigenvalue weighted by atomic mass is 16.3. The molecule has 0 saturated heterocycles. The number of nitrogens with zero attached hydrogens (tertiary/aromatic N) is 2. The number of pyridine rings is 1. The van der Waals surface area contributed by atoms with E-state index in [1.54, 1.807) is 22.7 Å². The van der Waals surface area contributed by atoms with Crippen LogP contribution in [0.25, 0.3) is 0 Å². The van der Waals surface area contributed by atoms with Crippen molar-refractivity contribution in [3.05, 3.63) is 60.3 Å². The number of carbonyl (C=O) groups is 1. The fourth-order valence-electron chi connectivity index (χ4n) is 2.52. The van der Waals surface area contributed by atoms with Gasteiger partial charge in [0.25, 0.3) is 5.82 Å². The number of hydrogen-bond donors (Lipinski definition) is 1. The van der Waals surface area contributed by atoms with Crippen molar-refractivity contribution < 1.29 is 14.5 Å². The van der Waals surface area contributed by atoms with Gasteiger partial charge >= 0.3 is 5.91 Å². The van der Waals surface area contributed by atoms with Crippen molar-refractivity contribution in [1.29, 1.82) is 0 Å². The van der Waals surface area contributed by atoms with Gasteiger partial charge in [0.15, 0.2) is 5.92 Å². The zero-order valence-corrected chi connectivity index (χ0v) is 10.6. The maximum absolute atomic E-state index is 12.5. The van der Waals surface area contributed by atoms with Crippen molar-refractivity contribution in [2.75, 3.05) is 11.9 Å². The van der Waals surface area contributed by atoms with Crippen LogP contribution in [0.15, 0.2) is 54.7 Å². The van der Waals surface area contributed by atoms with E-state index in [4.69, 9.17) is 0 Å². The highest BCUT2D eigenvalue weighted by Crippen LogP contribution is 2.28. The summed E-state index contributed by atoms with van der Waals surface area (Å²) >= 11 is 0. The summed E-state index contributed by atoms with van der Waals surface area (Å²) in [5, 5.41) is 10.4. The molecule has 0 spiro atoms. The van der Waals surface area contributed by atoms with Crippen LogP contribution in [0.2, 0.25) is 0 Å². The molecule has 19 heavy (non-hydrogen) atoms. The minimum absolute atomic E-state index is 0.104. The van der Waals surface area contributed by atoms with E-state index < -0.39 is 12.1 Å². The zero-order chi connectivity index (χ0) is 13.4. The number of hydrogen-bond acceptors (Lipinski definition) is 3. The summed E-state index contributed by atoms with van der Waals surface area (Å²) in [6, 6.07) is 14.9. The van der Waals surface area contributed by atoms with E-state index in [9.17, 15) is 9.90 Å². The van der Waals surface area contributed by atoms with Gasteiger partial charge in [0.2, 0.25) is 6.23 Å². The number of anilines is 1. The maximum atomic E-state index is 12.5. The van der Waals surface area contributed by atoms with Crippen LogP contribution >= 0.6 is 0 Å². The van der Waals surface area contributed by atoms with Crippen LogP contribution in [-0.4, -0.2) is 24.3 Å². The molecule has 2 unspecified atom stereocenters. The number of aliphatic hydroxyl groups is 1. The van der Waals surface area contributed by atoms with Gasteiger partial charge in [-0.2, -0.15) is 4.57 Å². The Morgan fingerprint density at radius 2 is 1.79 bits per heavy atom. The largest absolute Gasteiger partial charge is 0.354 e. The highest BCUT2D eigenvalue weighted by Gasteiger charge is 2.45. The van der Waals surface area contributed by atoms with Gasteiger partial charge in [-0.1, -0.05) is 36.4 Å². The molecule has 0 fully saturated rings. The molecule has 2 atom stereocenters. The van der Waals surface area contributed by atoms with Gasteiger partial charge in [-0.05, 0) is 11.6 Å². The Hall–Kier alpha value is -2.20. The molecule has 4 nitrogen and oxygen atoms in total. The highest BCUT2D eigenvalue weighted by molar-refractivity contribution is 5.80. The van der Waals surface area contributed by atoms with Gasteiger partial charge in [0.05, 0.1) is 13.2 Å². The molecule has 1 aliphatic heterocycles. The van der Waals surface area contributed by atoms with Gasteiger partial charge in [-0.3, -0.25) is 0 Å². The number of benzene rings is 1. The van der Waals surface area contributed by atoms with Crippen molar-refractivity contribution in [2.24, 2.45) is 0 Å². The van der Waals surface area contributed by atoms with Crippen molar-refractivity contribution in [2.45, 2.75) is 12.1 Å². The summed E-state index contributed by atoms with van der Waals surface area (Å²) in [5.74, 6) is 0.0330. The van der Waals surface area contributed by atoms with Crippen LogP contribution in [0.3, 0.4) is 0 Å². The van der Waals surface area contributed by atoms with Crippen LogP contribution < -0.4 is 9.47 Å². The Morgan fingerprint density at radius 3 is 2.53 bits per heavy atom. The minimum atomic E-state index is -0.850. The number of aliphatic hydroxyl groups excluding tert-OH is 1. The fraction of sp³-hybridized carbons (Fsp3) is 0.200. The van der Waals surface area contributed by atoms with Crippen molar-refractivity contribution in [3.63, 3.8) is 0 Å². The maximum Gasteiger partial charge on any atom is 0.328 e. The van der Waals surface area contributed by atoms with E-state index >= 15 is 0 Å². The molecular formula is C15H15N2O2+. The molecule has 2 aromatic rings. The summed E-state index contributed by atoms with van der Waals surface area (Å²) in [5.41, 5.74) is 0.828. The first-order chi connectivity index (χ1) is 9.20. The van der Waals surface area contributed by atoms with Gasteiger partial charge in [0, 0.05) is 6.07 Å². The Kier molecular flexibility index (Phi) is 2.80. The number of carbonyl (C=O) groups excluding carboxylic acids is 1. The molecule has 0 amide bonds. The lowest BCUT2D eigenvalue weighted by molar-refractivity contribution is -0.568. The molecule has 96 valence electrons. The second-order valence-corrected chi connectivity index (χ2v) is 4.68. The molecule has 2 heterocycles. The zero-order valence-electron chi connectivity index (χ0n) is 10.6. The fourth-order valence-corrected chi connectivity index (χ4v) is 2.52. The van der Waals surface area contributed by atoms with E-state index in [-0.39, 0.29) is 5.91 Å². The summed E-state index contributed by atoms with van der Waals surface area (Å²) in [7, 11) is 1.79. The van der Waals surface area contributed by atoms with Crippen molar-refractivity contribution in [1.82, 2.24) is 0 Å². The number of likely N-dealkylation sites (N-methyl/N-ethyl adjacent to an activating group) is 1.